The van der Waals surface area contributed by atoms with E-state index in [1.54, 1.807) is 6.92 Å². The Bertz CT molecular complexity index is 406. The lowest BCUT2D eigenvalue weighted by atomic mass is 10.2. The van der Waals surface area contributed by atoms with Crippen LogP contribution in [-0.2, 0) is 4.79 Å². The number of nitrogens with two attached hydrogens (primary N) is 1. The fourth-order valence-electron chi connectivity index (χ4n) is 1.54. The molecule has 2 atom stereocenters. The van der Waals surface area contributed by atoms with E-state index in [1.165, 1.54) is 0 Å². The van der Waals surface area contributed by atoms with Crippen molar-refractivity contribution in [3.05, 3.63) is 24.3 Å². The molecule has 1 aliphatic heterocycles. The maximum absolute atomic E-state index is 11.3. The molecule has 5 nitrogen and oxygen atoms in total. The molecule has 0 aromatic heterocycles. The van der Waals surface area contributed by atoms with Crippen molar-refractivity contribution in [3.8, 4) is 11.5 Å². The first-order chi connectivity index (χ1) is 8.16. The maximum atomic E-state index is 11.3. The van der Waals surface area contributed by atoms with Crippen LogP contribution in [-0.4, -0.2) is 31.2 Å². The second-order valence-electron chi connectivity index (χ2n) is 4.03. The lowest BCUT2D eigenvalue weighted by molar-refractivity contribution is -0.122. The standard InChI is InChI=1S/C12H16N2O3/c1-8(13)12(15)14-6-9-7-16-10-4-2-3-5-11(10)17-9/h2-5,8-9H,6-7,13H2,1H3,(H,14,15). The molecule has 1 aromatic rings. The van der Waals surface area contributed by atoms with Gasteiger partial charge in [-0.1, -0.05) is 12.1 Å². The third-order valence-electron chi connectivity index (χ3n) is 2.49. The molecule has 0 saturated carbocycles. The zero-order valence-corrected chi connectivity index (χ0v) is 9.68. The Hall–Kier alpha value is -1.75. The van der Waals surface area contributed by atoms with E-state index in [4.69, 9.17) is 15.2 Å². The van der Waals surface area contributed by atoms with Crippen molar-refractivity contribution in [1.82, 2.24) is 5.32 Å². The Kier molecular flexibility index (Phi) is 3.49. The quantitative estimate of drug-likeness (QED) is 0.791. The van der Waals surface area contributed by atoms with Crippen molar-refractivity contribution in [2.75, 3.05) is 13.2 Å². The summed E-state index contributed by atoms with van der Waals surface area (Å²) in [5.74, 6) is 1.26. The summed E-state index contributed by atoms with van der Waals surface area (Å²) < 4.78 is 11.2. The number of hydrogen-bond donors (Lipinski definition) is 2. The van der Waals surface area contributed by atoms with E-state index < -0.39 is 6.04 Å². The van der Waals surface area contributed by atoms with Gasteiger partial charge in [-0.15, -0.1) is 0 Å². The smallest absolute Gasteiger partial charge is 0.236 e. The van der Waals surface area contributed by atoms with Crippen LogP contribution in [0.4, 0.5) is 0 Å². The summed E-state index contributed by atoms with van der Waals surface area (Å²) >= 11 is 0. The van der Waals surface area contributed by atoms with Gasteiger partial charge in [0.25, 0.3) is 0 Å². The average molecular weight is 236 g/mol. The van der Waals surface area contributed by atoms with Crippen LogP contribution in [0.2, 0.25) is 0 Å². The number of amides is 1. The van der Waals surface area contributed by atoms with Gasteiger partial charge in [0.15, 0.2) is 11.5 Å². The van der Waals surface area contributed by atoms with Crippen LogP contribution in [0.1, 0.15) is 6.92 Å². The van der Waals surface area contributed by atoms with E-state index >= 15 is 0 Å². The summed E-state index contributed by atoms with van der Waals surface area (Å²) in [6.45, 7) is 2.47. The van der Waals surface area contributed by atoms with Crippen LogP contribution in [0.25, 0.3) is 0 Å². The molecule has 1 amide bonds. The number of carbonyl (C=O) groups excluding carboxylic acids is 1. The van der Waals surface area contributed by atoms with E-state index in [0.717, 1.165) is 5.75 Å². The molecule has 0 aliphatic carbocycles. The number of benzene rings is 1. The highest BCUT2D eigenvalue weighted by Crippen LogP contribution is 2.30. The second-order valence-corrected chi connectivity index (χ2v) is 4.03. The summed E-state index contributed by atoms with van der Waals surface area (Å²) in [4.78, 5) is 11.3. The number of fused-ring (bicyclic) bond motifs is 1. The largest absolute Gasteiger partial charge is 0.486 e. The van der Waals surface area contributed by atoms with Gasteiger partial charge in [0.1, 0.15) is 12.7 Å². The Morgan fingerprint density at radius 1 is 1.53 bits per heavy atom. The summed E-state index contributed by atoms with van der Waals surface area (Å²) in [6.07, 6.45) is -0.174. The van der Waals surface area contributed by atoms with Crippen LogP contribution in [0.3, 0.4) is 0 Å². The van der Waals surface area contributed by atoms with Crippen molar-refractivity contribution < 1.29 is 14.3 Å². The van der Waals surface area contributed by atoms with Gasteiger partial charge in [-0.3, -0.25) is 4.79 Å². The van der Waals surface area contributed by atoms with E-state index in [1.807, 2.05) is 24.3 Å². The van der Waals surface area contributed by atoms with Crippen molar-refractivity contribution >= 4 is 5.91 Å². The molecular weight excluding hydrogens is 220 g/mol. The molecule has 1 aromatic carbocycles. The van der Waals surface area contributed by atoms with E-state index in [0.29, 0.717) is 18.9 Å². The van der Waals surface area contributed by atoms with Gasteiger partial charge in [-0.2, -0.15) is 0 Å². The highest BCUT2D eigenvalue weighted by Gasteiger charge is 2.21. The molecule has 3 N–H and O–H groups in total. The number of ether oxygens (including phenoxy) is 2. The highest BCUT2D eigenvalue weighted by atomic mass is 16.6. The molecule has 2 unspecified atom stereocenters. The van der Waals surface area contributed by atoms with Gasteiger partial charge >= 0.3 is 0 Å². The molecule has 92 valence electrons. The molecule has 0 bridgehead atoms. The summed E-state index contributed by atoms with van der Waals surface area (Å²) in [5, 5.41) is 2.71. The van der Waals surface area contributed by atoms with Crippen molar-refractivity contribution in [3.63, 3.8) is 0 Å². The Labute approximate surface area is 99.9 Å². The topological polar surface area (TPSA) is 73.6 Å². The average Bonchev–Trinajstić information content (AvgIpc) is 2.35. The van der Waals surface area contributed by atoms with E-state index in [9.17, 15) is 4.79 Å². The Morgan fingerprint density at radius 3 is 2.94 bits per heavy atom. The molecular formula is C12H16N2O3. The Morgan fingerprint density at radius 2 is 2.24 bits per heavy atom. The number of rotatable bonds is 3. The van der Waals surface area contributed by atoms with Crippen molar-refractivity contribution in [2.45, 2.75) is 19.1 Å². The van der Waals surface area contributed by atoms with Crippen LogP contribution < -0.4 is 20.5 Å². The predicted octanol–water partition coefficient (Wildman–Crippen LogP) is 0.290. The first-order valence-corrected chi connectivity index (χ1v) is 5.58. The van der Waals surface area contributed by atoms with Crippen LogP contribution in [0.15, 0.2) is 24.3 Å². The minimum Gasteiger partial charge on any atom is -0.486 e. The van der Waals surface area contributed by atoms with Gasteiger partial charge in [0.2, 0.25) is 5.91 Å². The summed E-state index contributed by atoms with van der Waals surface area (Å²) in [6, 6.07) is 6.96. The van der Waals surface area contributed by atoms with Crippen LogP contribution >= 0.6 is 0 Å². The normalized spacial score (nSPS) is 19.5. The maximum Gasteiger partial charge on any atom is 0.236 e. The van der Waals surface area contributed by atoms with Crippen LogP contribution in [0, 0.1) is 0 Å². The van der Waals surface area contributed by atoms with Gasteiger partial charge < -0.3 is 20.5 Å². The lowest BCUT2D eigenvalue weighted by Crippen LogP contribution is -2.45. The number of hydrogen-bond acceptors (Lipinski definition) is 4. The fourth-order valence-corrected chi connectivity index (χ4v) is 1.54. The summed E-state index contributed by atoms with van der Waals surface area (Å²) in [5.41, 5.74) is 5.44. The molecule has 0 fully saturated rings. The molecule has 2 rings (SSSR count). The number of carbonyl (C=O) groups is 1. The first kappa shape index (κ1) is 11.7. The third kappa shape index (κ3) is 2.88. The highest BCUT2D eigenvalue weighted by molar-refractivity contribution is 5.80. The Balaban J connectivity index is 1.88. The van der Waals surface area contributed by atoms with Gasteiger partial charge in [0.05, 0.1) is 12.6 Å². The van der Waals surface area contributed by atoms with Gasteiger partial charge in [-0.25, -0.2) is 0 Å². The number of para-hydroxylation sites is 2. The van der Waals surface area contributed by atoms with Crippen LogP contribution in [0.5, 0.6) is 11.5 Å². The monoisotopic (exact) mass is 236 g/mol. The zero-order chi connectivity index (χ0) is 12.3. The van der Waals surface area contributed by atoms with Crippen molar-refractivity contribution in [2.24, 2.45) is 5.73 Å². The minimum atomic E-state index is -0.508. The molecule has 1 heterocycles. The van der Waals surface area contributed by atoms with Crippen molar-refractivity contribution in [1.29, 1.82) is 0 Å². The second kappa shape index (κ2) is 5.05. The zero-order valence-electron chi connectivity index (χ0n) is 9.68. The molecule has 0 radical (unpaired) electrons. The predicted molar refractivity (Wildman–Crippen MR) is 63.0 cm³/mol. The molecule has 0 saturated heterocycles. The molecule has 5 heteroatoms. The fraction of sp³-hybridized carbons (Fsp3) is 0.417. The van der Waals surface area contributed by atoms with Gasteiger partial charge in [0, 0.05) is 0 Å². The van der Waals surface area contributed by atoms with E-state index in [2.05, 4.69) is 5.32 Å². The van der Waals surface area contributed by atoms with Gasteiger partial charge in [-0.05, 0) is 19.1 Å². The minimum absolute atomic E-state index is 0.174. The molecule has 1 aliphatic rings. The summed E-state index contributed by atoms with van der Waals surface area (Å²) in [7, 11) is 0. The lowest BCUT2D eigenvalue weighted by Gasteiger charge is -2.26. The first-order valence-electron chi connectivity index (χ1n) is 5.58. The molecule has 17 heavy (non-hydrogen) atoms. The van der Waals surface area contributed by atoms with E-state index in [-0.39, 0.29) is 12.0 Å². The third-order valence-corrected chi connectivity index (χ3v) is 2.49. The number of nitrogens with one attached hydrogen (secondary N) is 1. The molecule has 0 spiro atoms. The SMILES string of the molecule is CC(N)C(=O)NCC1COc2ccccc2O1.